The van der Waals surface area contributed by atoms with E-state index in [1.807, 2.05) is 6.07 Å². The van der Waals surface area contributed by atoms with E-state index in [-0.39, 0.29) is 16.9 Å². The van der Waals surface area contributed by atoms with E-state index in [2.05, 4.69) is 15.4 Å². The predicted molar refractivity (Wildman–Crippen MR) is 85.5 cm³/mol. The summed E-state index contributed by atoms with van der Waals surface area (Å²) in [4.78, 5) is 16.1. The molecule has 1 heterocycles. The first kappa shape index (κ1) is 17.2. The second-order valence-corrected chi connectivity index (χ2v) is 5.21. The normalized spacial score (nSPS) is 11.0. The van der Waals surface area contributed by atoms with Gasteiger partial charge in [0, 0.05) is 5.56 Å². The third-order valence-corrected chi connectivity index (χ3v) is 3.51. The molecule has 26 heavy (non-hydrogen) atoms. The first-order valence-electron chi connectivity index (χ1n) is 7.26. The fourth-order valence-electron chi connectivity index (χ4n) is 2.24. The molecule has 0 bridgehead atoms. The van der Waals surface area contributed by atoms with Crippen LogP contribution in [0.5, 0.6) is 0 Å². The molecular formula is C17H10F3N5O. The molecule has 0 saturated carbocycles. The monoisotopic (exact) mass is 357 g/mol. The van der Waals surface area contributed by atoms with Crippen molar-refractivity contribution in [2.24, 2.45) is 0 Å². The number of rotatable bonds is 3. The molecule has 3 aromatic rings. The quantitative estimate of drug-likeness (QED) is 0.779. The Morgan fingerprint density at radius 2 is 1.88 bits per heavy atom. The van der Waals surface area contributed by atoms with Crippen molar-refractivity contribution < 1.29 is 18.0 Å². The highest BCUT2D eigenvalue weighted by molar-refractivity contribution is 6.05. The van der Waals surface area contributed by atoms with Crippen molar-refractivity contribution in [2.45, 2.75) is 6.18 Å². The van der Waals surface area contributed by atoms with E-state index in [1.54, 1.807) is 0 Å². The van der Waals surface area contributed by atoms with E-state index >= 15 is 0 Å². The number of halogens is 3. The zero-order valence-corrected chi connectivity index (χ0v) is 13.0. The van der Waals surface area contributed by atoms with Crippen LogP contribution in [-0.2, 0) is 6.18 Å². The van der Waals surface area contributed by atoms with Crippen LogP contribution < -0.4 is 5.32 Å². The number of hydrogen-bond donors (Lipinski definition) is 1. The Kier molecular flexibility index (Phi) is 4.41. The highest BCUT2D eigenvalue weighted by Gasteiger charge is 2.31. The fraction of sp³-hybridized carbons (Fsp3) is 0.0588. The number of carbonyl (C=O) groups is 1. The lowest BCUT2D eigenvalue weighted by Gasteiger charge is -2.14. The molecule has 0 fully saturated rings. The molecule has 130 valence electrons. The summed E-state index contributed by atoms with van der Waals surface area (Å²) in [6, 6.07) is 10.6. The van der Waals surface area contributed by atoms with Crippen LogP contribution >= 0.6 is 0 Å². The van der Waals surface area contributed by atoms with Gasteiger partial charge in [-0.25, -0.2) is 9.67 Å². The van der Waals surface area contributed by atoms with Crippen molar-refractivity contribution in [3.8, 4) is 11.8 Å². The van der Waals surface area contributed by atoms with Crippen LogP contribution in [0.25, 0.3) is 5.69 Å². The second-order valence-electron chi connectivity index (χ2n) is 5.21. The molecule has 0 radical (unpaired) electrons. The molecular weight excluding hydrogens is 347 g/mol. The van der Waals surface area contributed by atoms with Gasteiger partial charge >= 0.3 is 6.18 Å². The molecule has 0 spiro atoms. The molecule has 9 heteroatoms. The molecule has 3 rings (SSSR count). The van der Waals surface area contributed by atoms with Gasteiger partial charge in [-0.3, -0.25) is 4.79 Å². The van der Waals surface area contributed by atoms with Crippen molar-refractivity contribution in [2.75, 3.05) is 5.32 Å². The van der Waals surface area contributed by atoms with Gasteiger partial charge in [0.1, 0.15) is 12.7 Å². The van der Waals surface area contributed by atoms with Crippen molar-refractivity contribution in [3.05, 3.63) is 71.8 Å². The minimum absolute atomic E-state index is 0.0697. The minimum Gasteiger partial charge on any atom is -0.320 e. The molecule has 2 aromatic carbocycles. The van der Waals surface area contributed by atoms with E-state index in [4.69, 9.17) is 5.26 Å². The Morgan fingerprint density at radius 3 is 2.46 bits per heavy atom. The van der Waals surface area contributed by atoms with Gasteiger partial charge in [-0.05, 0) is 42.5 Å². The van der Waals surface area contributed by atoms with Crippen molar-refractivity contribution in [1.82, 2.24) is 14.8 Å². The summed E-state index contributed by atoms with van der Waals surface area (Å²) in [5.41, 5.74) is -0.177. The van der Waals surface area contributed by atoms with Crippen LogP contribution in [0.3, 0.4) is 0 Å². The minimum atomic E-state index is -4.56. The predicted octanol–water partition coefficient (Wildman–Crippen LogP) is 3.41. The average molecular weight is 357 g/mol. The third kappa shape index (κ3) is 3.54. The molecule has 1 N–H and O–H groups in total. The zero-order chi connectivity index (χ0) is 18.7. The van der Waals surface area contributed by atoms with Gasteiger partial charge in [0.05, 0.1) is 28.6 Å². The van der Waals surface area contributed by atoms with Gasteiger partial charge in [0.25, 0.3) is 5.91 Å². The number of alkyl halides is 3. The first-order valence-corrected chi connectivity index (χ1v) is 7.26. The van der Waals surface area contributed by atoms with Gasteiger partial charge in [-0.15, -0.1) is 0 Å². The second kappa shape index (κ2) is 6.68. The molecule has 0 unspecified atom stereocenters. The maximum atomic E-state index is 13.0. The maximum Gasteiger partial charge on any atom is 0.416 e. The van der Waals surface area contributed by atoms with Gasteiger partial charge in [-0.2, -0.15) is 23.5 Å². The van der Waals surface area contributed by atoms with Gasteiger partial charge in [0.2, 0.25) is 0 Å². The topological polar surface area (TPSA) is 83.6 Å². The number of amides is 1. The van der Waals surface area contributed by atoms with E-state index in [1.165, 1.54) is 47.7 Å². The van der Waals surface area contributed by atoms with Gasteiger partial charge in [0.15, 0.2) is 0 Å². The van der Waals surface area contributed by atoms with Crippen molar-refractivity contribution in [3.63, 3.8) is 0 Å². The summed E-state index contributed by atoms with van der Waals surface area (Å²) in [6.45, 7) is 0. The molecule has 0 aliphatic carbocycles. The van der Waals surface area contributed by atoms with E-state index in [9.17, 15) is 18.0 Å². The Balaban J connectivity index is 1.98. The molecule has 0 aliphatic heterocycles. The Labute approximate surface area is 145 Å². The van der Waals surface area contributed by atoms with Crippen LogP contribution in [0.15, 0.2) is 55.1 Å². The lowest BCUT2D eigenvalue weighted by molar-refractivity contribution is -0.137. The molecule has 0 aliphatic rings. The SMILES string of the molecule is N#Cc1ccc(C(=O)Nc2cc(C(F)(F)F)ccc2-n2cncn2)cc1. The van der Waals surface area contributed by atoms with E-state index in [0.29, 0.717) is 5.56 Å². The first-order chi connectivity index (χ1) is 12.4. The van der Waals surface area contributed by atoms with Crippen LogP contribution in [-0.4, -0.2) is 20.7 Å². The summed E-state index contributed by atoms with van der Waals surface area (Å²) in [6.07, 6.45) is -2.03. The van der Waals surface area contributed by atoms with Crippen LogP contribution in [0, 0.1) is 11.3 Å². The van der Waals surface area contributed by atoms with Crippen molar-refractivity contribution in [1.29, 1.82) is 5.26 Å². The van der Waals surface area contributed by atoms with Crippen LogP contribution in [0.1, 0.15) is 21.5 Å². The number of benzene rings is 2. The summed E-state index contributed by atoms with van der Waals surface area (Å²) in [5.74, 6) is -0.616. The zero-order valence-electron chi connectivity index (χ0n) is 13.0. The number of aromatic nitrogens is 3. The summed E-state index contributed by atoms with van der Waals surface area (Å²) in [5, 5.41) is 15.1. The molecule has 1 amide bonds. The number of anilines is 1. The van der Waals surface area contributed by atoms with Crippen molar-refractivity contribution >= 4 is 11.6 Å². The maximum absolute atomic E-state index is 13.0. The summed E-state index contributed by atoms with van der Waals surface area (Å²) >= 11 is 0. The van der Waals surface area contributed by atoms with E-state index < -0.39 is 17.6 Å². The highest BCUT2D eigenvalue weighted by Crippen LogP contribution is 2.33. The smallest absolute Gasteiger partial charge is 0.320 e. The van der Waals surface area contributed by atoms with Crippen LogP contribution in [0.4, 0.5) is 18.9 Å². The summed E-state index contributed by atoms with van der Waals surface area (Å²) in [7, 11) is 0. The Morgan fingerprint density at radius 1 is 1.15 bits per heavy atom. The number of nitrogens with zero attached hydrogens (tertiary/aromatic N) is 4. The van der Waals surface area contributed by atoms with Crippen LogP contribution in [0.2, 0.25) is 0 Å². The number of nitriles is 1. The molecule has 6 nitrogen and oxygen atoms in total. The highest BCUT2D eigenvalue weighted by atomic mass is 19.4. The number of carbonyl (C=O) groups excluding carboxylic acids is 1. The molecule has 0 atom stereocenters. The number of nitrogens with one attached hydrogen (secondary N) is 1. The average Bonchev–Trinajstić information content (AvgIpc) is 3.15. The Hall–Kier alpha value is -3.67. The largest absolute Gasteiger partial charge is 0.416 e. The molecule has 0 saturated heterocycles. The third-order valence-electron chi connectivity index (χ3n) is 3.51. The lowest BCUT2D eigenvalue weighted by atomic mass is 10.1. The summed E-state index contributed by atoms with van der Waals surface area (Å²) < 4.78 is 40.3. The lowest BCUT2D eigenvalue weighted by Crippen LogP contribution is -2.15. The van der Waals surface area contributed by atoms with E-state index in [0.717, 1.165) is 12.1 Å². The fourth-order valence-corrected chi connectivity index (χ4v) is 2.24. The van der Waals surface area contributed by atoms with Gasteiger partial charge in [-0.1, -0.05) is 0 Å². The molecule has 1 aromatic heterocycles. The standard InChI is InChI=1S/C17H10F3N5O/c18-17(19,20)13-5-6-15(25-10-22-9-23-25)14(7-13)24-16(26)12-3-1-11(8-21)2-4-12/h1-7,9-10H,(H,24,26). The van der Waals surface area contributed by atoms with Gasteiger partial charge < -0.3 is 5.32 Å². The number of hydrogen-bond acceptors (Lipinski definition) is 4. The Bertz CT molecular complexity index is 973.